The van der Waals surface area contributed by atoms with Crippen molar-refractivity contribution in [1.29, 1.82) is 0 Å². The highest BCUT2D eigenvalue weighted by atomic mass is 35.5. The maximum Gasteiger partial charge on any atom is 0.400 e. The van der Waals surface area contributed by atoms with Crippen molar-refractivity contribution in [2.75, 3.05) is 0 Å². The zero-order valence-electron chi connectivity index (χ0n) is 11.7. The van der Waals surface area contributed by atoms with E-state index in [1.807, 2.05) is 48.5 Å². The Balaban J connectivity index is 1.76. The summed E-state index contributed by atoms with van der Waals surface area (Å²) in [5, 5.41) is -0.109. The fourth-order valence-electron chi connectivity index (χ4n) is 1.92. The lowest BCUT2D eigenvalue weighted by Crippen LogP contribution is -2.03. The van der Waals surface area contributed by atoms with E-state index < -0.39 is 11.3 Å². The SMILES string of the molecule is FC(F)(Cl)c1nc(-c2cccc(SCc3ccccc3)c2)no1. The lowest BCUT2D eigenvalue weighted by Gasteiger charge is -2.03. The maximum absolute atomic E-state index is 12.9. The van der Waals surface area contributed by atoms with Crippen LogP contribution in [0.5, 0.6) is 0 Å². The van der Waals surface area contributed by atoms with Gasteiger partial charge in [-0.05, 0) is 29.3 Å². The molecule has 0 aliphatic heterocycles. The van der Waals surface area contributed by atoms with Crippen LogP contribution in [-0.2, 0) is 11.1 Å². The smallest absolute Gasteiger partial charge is 0.331 e. The second-order valence-electron chi connectivity index (χ2n) is 4.72. The molecule has 7 heteroatoms. The molecule has 3 aromatic rings. The molecule has 0 atom stereocenters. The summed E-state index contributed by atoms with van der Waals surface area (Å²) in [6, 6.07) is 17.3. The Bertz CT molecular complexity index is 790. The molecule has 0 aliphatic rings. The molecule has 1 aromatic heterocycles. The van der Waals surface area contributed by atoms with Crippen LogP contribution in [0.1, 0.15) is 11.5 Å². The van der Waals surface area contributed by atoms with E-state index in [2.05, 4.69) is 14.7 Å². The third-order valence-electron chi connectivity index (χ3n) is 3.01. The molecule has 3 rings (SSSR count). The number of nitrogens with zero attached hydrogens (tertiary/aromatic N) is 2. The Labute approximate surface area is 140 Å². The summed E-state index contributed by atoms with van der Waals surface area (Å²) in [6.45, 7) is 0. The van der Waals surface area contributed by atoms with Crippen LogP contribution in [0.4, 0.5) is 8.78 Å². The summed E-state index contributed by atoms with van der Waals surface area (Å²) in [7, 11) is 0. The van der Waals surface area contributed by atoms with Crippen molar-refractivity contribution in [3.8, 4) is 11.4 Å². The standard InChI is InChI=1S/C16H11ClF2N2OS/c17-16(18,19)15-20-14(21-22-15)12-7-4-8-13(9-12)23-10-11-5-2-1-3-6-11/h1-9H,10H2. The second kappa shape index (κ2) is 6.68. The van der Waals surface area contributed by atoms with E-state index in [9.17, 15) is 8.78 Å². The van der Waals surface area contributed by atoms with Crippen molar-refractivity contribution in [3.63, 3.8) is 0 Å². The van der Waals surface area contributed by atoms with Gasteiger partial charge in [-0.25, -0.2) is 0 Å². The lowest BCUT2D eigenvalue weighted by atomic mass is 10.2. The van der Waals surface area contributed by atoms with Crippen molar-refractivity contribution in [1.82, 2.24) is 10.1 Å². The quantitative estimate of drug-likeness (QED) is 0.460. The highest BCUT2D eigenvalue weighted by molar-refractivity contribution is 7.98. The number of rotatable bonds is 5. The molecule has 0 N–H and O–H groups in total. The molecule has 0 fully saturated rings. The monoisotopic (exact) mass is 352 g/mol. The number of halogens is 3. The van der Waals surface area contributed by atoms with Gasteiger partial charge in [0, 0.05) is 16.2 Å². The van der Waals surface area contributed by atoms with Crippen LogP contribution in [-0.4, -0.2) is 10.1 Å². The van der Waals surface area contributed by atoms with Crippen LogP contribution in [0.25, 0.3) is 11.4 Å². The molecule has 1 heterocycles. The first kappa shape index (κ1) is 16.0. The predicted molar refractivity (Wildman–Crippen MR) is 85.5 cm³/mol. The van der Waals surface area contributed by atoms with E-state index in [0.29, 0.717) is 5.56 Å². The third-order valence-corrected chi connectivity index (χ3v) is 4.24. The van der Waals surface area contributed by atoms with E-state index in [0.717, 1.165) is 10.6 Å². The van der Waals surface area contributed by atoms with E-state index in [1.165, 1.54) is 5.56 Å². The van der Waals surface area contributed by atoms with Gasteiger partial charge < -0.3 is 4.52 Å². The van der Waals surface area contributed by atoms with Crippen molar-refractivity contribution in [2.45, 2.75) is 16.0 Å². The molecule has 0 bridgehead atoms. The number of benzene rings is 2. The molecule has 0 amide bonds. The van der Waals surface area contributed by atoms with Gasteiger partial charge in [-0.15, -0.1) is 11.8 Å². The molecule has 23 heavy (non-hydrogen) atoms. The Kier molecular flexibility index (Phi) is 4.63. The molecular weight excluding hydrogens is 342 g/mol. The van der Waals surface area contributed by atoms with E-state index in [1.54, 1.807) is 17.8 Å². The van der Waals surface area contributed by atoms with E-state index >= 15 is 0 Å². The van der Waals surface area contributed by atoms with Crippen LogP contribution in [0.15, 0.2) is 64.0 Å². The van der Waals surface area contributed by atoms with Gasteiger partial charge in [-0.1, -0.05) is 47.6 Å². The zero-order valence-corrected chi connectivity index (χ0v) is 13.3. The van der Waals surface area contributed by atoms with Crippen LogP contribution in [0.3, 0.4) is 0 Å². The average molecular weight is 353 g/mol. The molecule has 3 nitrogen and oxygen atoms in total. The lowest BCUT2D eigenvalue weighted by molar-refractivity contribution is 0.0551. The van der Waals surface area contributed by atoms with Crippen LogP contribution in [0.2, 0.25) is 0 Å². The van der Waals surface area contributed by atoms with E-state index in [-0.39, 0.29) is 5.82 Å². The van der Waals surface area contributed by atoms with Gasteiger partial charge in [0.2, 0.25) is 5.82 Å². The van der Waals surface area contributed by atoms with Crippen LogP contribution in [0, 0.1) is 0 Å². The van der Waals surface area contributed by atoms with Gasteiger partial charge in [-0.3, -0.25) is 0 Å². The first-order valence-corrected chi connectivity index (χ1v) is 8.07. The van der Waals surface area contributed by atoms with Gasteiger partial charge in [0.25, 0.3) is 0 Å². The largest absolute Gasteiger partial charge is 0.400 e. The topological polar surface area (TPSA) is 38.9 Å². The van der Waals surface area contributed by atoms with Crippen molar-refractivity contribution in [2.24, 2.45) is 0 Å². The summed E-state index contributed by atoms with van der Waals surface area (Å²) in [5.41, 5.74) is 1.80. The summed E-state index contributed by atoms with van der Waals surface area (Å²) >= 11 is 6.51. The van der Waals surface area contributed by atoms with Gasteiger partial charge in [0.1, 0.15) is 0 Å². The van der Waals surface area contributed by atoms with Crippen LogP contribution < -0.4 is 0 Å². The fourth-order valence-corrected chi connectivity index (χ4v) is 2.91. The molecule has 118 valence electrons. The minimum atomic E-state index is -3.66. The van der Waals surface area contributed by atoms with Crippen molar-refractivity contribution in [3.05, 3.63) is 66.1 Å². The summed E-state index contributed by atoms with van der Waals surface area (Å²) in [5.74, 6) is -0.0133. The Morgan fingerprint density at radius 2 is 1.87 bits per heavy atom. The molecule has 0 spiro atoms. The van der Waals surface area contributed by atoms with Gasteiger partial charge >= 0.3 is 11.3 Å². The molecule has 0 radical (unpaired) electrons. The number of thioether (sulfide) groups is 1. The molecular formula is C16H11ClF2N2OS. The summed E-state index contributed by atoms with van der Waals surface area (Å²) in [4.78, 5) is 4.62. The highest BCUT2D eigenvalue weighted by Gasteiger charge is 2.35. The predicted octanol–water partition coefficient (Wildman–Crippen LogP) is 5.32. The molecule has 0 saturated carbocycles. The summed E-state index contributed by atoms with van der Waals surface area (Å²) in [6.07, 6.45) is 0. The zero-order chi connectivity index (χ0) is 16.3. The molecule has 2 aromatic carbocycles. The minimum Gasteiger partial charge on any atom is -0.331 e. The van der Waals surface area contributed by atoms with Crippen molar-refractivity contribution >= 4 is 23.4 Å². The number of hydrogen-bond donors (Lipinski definition) is 0. The summed E-state index contributed by atoms with van der Waals surface area (Å²) < 4.78 is 30.4. The molecule has 0 aliphatic carbocycles. The Morgan fingerprint density at radius 1 is 1.09 bits per heavy atom. The van der Waals surface area contributed by atoms with Gasteiger partial charge in [0.15, 0.2) is 0 Å². The second-order valence-corrected chi connectivity index (χ2v) is 6.25. The van der Waals surface area contributed by atoms with Gasteiger partial charge in [0.05, 0.1) is 0 Å². The number of aromatic nitrogens is 2. The minimum absolute atomic E-state index is 0.0856. The number of hydrogen-bond acceptors (Lipinski definition) is 4. The normalized spacial score (nSPS) is 11.6. The first-order valence-electron chi connectivity index (χ1n) is 6.70. The number of alkyl halides is 3. The average Bonchev–Trinajstić information content (AvgIpc) is 3.05. The Hall–Kier alpha value is -1.92. The molecule has 0 saturated heterocycles. The fraction of sp³-hybridized carbons (Fsp3) is 0.125. The maximum atomic E-state index is 12.9. The van der Waals surface area contributed by atoms with Gasteiger partial charge in [-0.2, -0.15) is 13.8 Å². The highest BCUT2D eigenvalue weighted by Crippen LogP contribution is 2.33. The van der Waals surface area contributed by atoms with Crippen LogP contribution >= 0.6 is 23.4 Å². The Morgan fingerprint density at radius 3 is 2.57 bits per heavy atom. The first-order chi connectivity index (χ1) is 11.0. The van der Waals surface area contributed by atoms with E-state index in [4.69, 9.17) is 11.6 Å². The van der Waals surface area contributed by atoms with Crippen molar-refractivity contribution < 1.29 is 13.3 Å². The molecule has 0 unspecified atom stereocenters. The third kappa shape index (κ3) is 4.09.